The summed E-state index contributed by atoms with van der Waals surface area (Å²) in [6, 6.07) is 5.29. The van der Waals surface area contributed by atoms with E-state index in [1.165, 1.54) is 4.90 Å². The van der Waals surface area contributed by atoms with Gasteiger partial charge in [-0.3, -0.25) is 9.88 Å². The largest absolute Gasteiger partial charge is 0.530 e. The molecular weight excluding hydrogens is 354 g/mol. The summed E-state index contributed by atoms with van der Waals surface area (Å²) in [5.41, 5.74) is 1.24. The van der Waals surface area contributed by atoms with Crippen molar-refractivity contribution in [1.82, 2.24) is 14.8 Å². The summed E-state index contributed by atoms with van der Waals surface area (Å²) in [5.74, 6) is 0.158. The molecule has 1 aliphatic rings. The Hall–Kier alpha value is -2.05. The Morgan fingerprint density at radius 1 is 1.46 bits per heavy atom. The first-order valence-electron chi connectivity index (χ1n) is 8.85. The van der Waals surface area contributed by atoms with Crippen LogP contribution in [-0.2, 0) is 6.54 Å². The van der Waals surface area contributed by atoms with Crippen molar-refractivity contribution < 1.29 is 15.0 Å². The quantitative estimate of drug-likeness (QED) is 0.887. The molecule has 0 spiro atoms. The summed E-state index contributed by atoms with van der Waals surface area (Å²) in [4.78, 5) is 19.2. The topological polar surface area (TPSA) is 79.7 Å². The van der Waals surface area contributed by atoms with Crippen molar-refractivity contribution in [3.8, 4) is 5.75 Å². The summed E-state index contributed by atoms with van der Waals surface area (Å²) < 4.78 is 0. The number of amides is 1. The van der Waals surface area contributed by atoms with Crippen LogP contribution in [0, 0.1) is 0 Å². The van der Waals surface area contributed by atoms with E-state index in [1.54, 1.807) is 18.3 Å². The van der Waals surface area contributed by atoms with Crippen LogP contribution in [0.1, 0.15) is 32.3 Å². The fraction of sp³-hybridized carbons (Fsp3) is 0.474. The number of rotatable bonds is 4. The Balaban J connectivity index is 1.71. The van der Waals surface area contributed by atoms with Gasteiger partial charge in [0.25, 0.3) is 0 Å². The van der Waals surface area contributed by atoms with Crippen LogP contribution in [0.3, 0.4) is 0 Å². The number of carbonyl (C=O) groups is 1. The Morgan fingerprint density at radius 2 is 2.15 bits per heavy atom. The third-order valence-electron chi connectivity index (χ3n) is 5.01. The van der Waals surface area contributed by atoms with Crippen molar-refractivity contribution >= 4 is 28.6 Å². The van der Waals surface area contributed by atoms with Crippen LogP contribution in [0.15, 0.2) is 24.4 Å². The van der Waals surface area contributed by atoms with Crippen LogP contribution >= 0.6 is 11.6 Å². The lowest BCUT2D eigenvalue weighted by atomic mass is 10.0. The second-order valence-corrected chi connectivity index (χ2v) is 7.45. The lowest BCUT2D eigenvalue weighted by molar-refractivity contribution is -0.270. The number of benzene rings is 1. The number of aromatic nitrogens is 1. The molecule has 1 N–H and O–H groups in total. The molecule has 0 bridgehead atoms. The highest BCUT2D eigenvalue weighted by atomic mass is 35.5. The SMILES string of the molecule is CC(C)N(C(=O)[O-])C1CCN(Cc2cc(Cl)c3cccnc3c2O)CC1. The lowest BCUT2D eigenvalue weighted by Gasteiger charge is -2.42. The van der Waals surface area contributed by atoms with Gasteiger partial charge in [-0.2, -0.15) is 0 Å². The van der Waals surface area contributed by atoms with Crippen LogP contribution in [0.4, 0.5) is 4.79 Å². The fourth-order valence-electron chi connectivity index (χ4n) is 3.74. The van der Waals surface area contributed by atoms with Crippen molar-refractivity contribution in [2.24, 2.45) is 0 Å². The maximum absolute atomic E-state index is 11.4. The fourth-order valence-corrected chi connectivity index (χ4v) is 4.02. The third-order valence-corrected chi connectivity index (χ3v) is 5.32. The second-order valence-electron chi connectivity index (χ2n) is 7.04. The summed E-state index contributed by atoms with van der Waals surface area (Å²) in [6.45, 7) is 5.78. The third kappa shape index (κ3) is 3.71. The predicted octanol–water partition coefficient (Wildman–Crippen LogP) is 2.61. The van der Waals surface area contributed by atoms with E-state index < -0.39 is 6.09 Å². The van der Waals surface area contributed by atoms with Crippen LogP contribution < -0.4 is 5.11 Å². The molecule has 1 saturated heterocycles. The Bertz CT molecular complexity index is 804. The number of pyridine rings is 1. The number of hydrogen-bond donors (Lipinski definition) is 1. The Morgan fingerprint density at radius 3 is 2.77 bits per heavy atom. The monoisotopic (exact) mass is 376 g/mol. The number of carboxylic acid groups (broad SMARTS) is 1. The summed E-state index contributed by atoms with van der Waals surface area (Å²) in [5, 5.41) is 23.2. The highest BCUT2D eigenvalue weighted by Gasteiger charge is 2.27. The van der Waals surface area contributed by atoms with Crippen molar-refractivity contribution in [2.75, 3.05) is 13.1 Å². The van der Waals surface area contributed by atoms with Gasteiger partial charge in [-0.1, -0.05) is 11.6 Å². The lowest BCUT2D eigenvalue weighted by Crippen LogP contribution is -2.54. The van der Waals surface area contributed by atoms with Gasteiger partial charge in [0.1, 0.15) is 17.4 Å². The number of likely N-dealkylation sites (tertiary alicyclic amines) is 1. The molecule has 2 aromatic rings. The molecule has 1 aromatic carbocycles. The van der Waals surface area contributed by atoms with Gasteiger partial charge >= 0.3 is 0 Å². The normalized spacial score (nSPS) is 16.3. The minimum Gasteiger partial charge on any atom is -0.530 e. The number of phenolic OH excluding ortho intramolecular Hbond substituents is 1. The molecule has 140 valence electrons. The predicted molar refractivity (Wildman–Crippen MR) is 99.1 cm³/mol. The van der Waals surface area contributed by atoms with Crippen molar-refractivity contribution in [3.05, 3.63) is 35.0 Å². The maximum atomic E-state index is 11.4. The number of piperidine rings is 1. The average molecular weight is 377 g/mol. The van der Waals surface area contributed by atoms with Gasteiger partial charge in [0.2, 0.25) is 0 Å². The van der Waals surface area contributed by atoms with E-state index in [-0.39, 0.29) is 17.8 Å². The van der Waals surface area contributed by atoms with Crippen LogP contribution in [0.2, 0.25) is 5.02 Å². The molecule has 1 amide bonds. The van der Waals surface area contributed by atoms with Crippen LogP contribution in [-0.4, -0.2) is 51.2 Å². The molecule has 6 nitrogen and oxygen atoms in total. The minimum absolute atomic E-state index is 0.0216. The highest BCUT2D eigenvalue weighted by molar-refractivity contribution is 6.35. The molecule has 0 atom stereocenters. The molecule has 26 heavy (non-hydrogen) atoms. The van der Waals surface area contributed by atoms with Gasteiger partial charge in [-0.25, -0.2) is 0 Å². The molecule has 2 heterocycles. The number of nitrogens with zero attached hydrogens (tertiary/aromatic N) is 3. The standard InChI is InChI=1S/C19H24ClN3O3/c1-12(2)23(19(25)26)14-5-8-22(9-6-14)11-13-10-16(20)15-4-3-7-21-17(15)18(13)24/h3-4,7,10,12,14,24H,5-6,8-9,11H2,1-2H3,(H,25,26)/p-1. The molecule has 0 radical (unpaired) electrons. The number of phenols is 1. The Labute approximate surface area is 158 Å². The first kappa shape index (κ1) is 18.7. The number of fused-ring (bicyclic) bond motifs is 1. The first-order valence-corrected chi connectivity index (χ1v) is 9.23. The van der Waals surface area contributed by atoms with Gasteiger partial charge in [0, 0.05) is 48.9 Å². The van der Waals surface area contributed by atoms with Crippen LogP contribution in [0.25, 0.3) is 10.9 Å². The molecule has 1 aromatic heterocycles. The van der Waals surface area contributed by atoms with E-state index in [4.69, 9.17) is 11.6 Å². The van der Waals surface area contributed by atoms with Crippen molar-refractivity contribution in [2.45, 2.75) is 45.3 Å². The first-order chi connectivity index (χ1) is 12.4. The van der Waals surface area contributed by atoms with E-state index in [0.29, 0.717) is 17.1 Å². The second kappa shape index (κ2) is 7.68. The molecule has 1 aliphatic heterocycles. The smallest absolute Gasteiger partial charge is 0.146 e. The van der Waals surface area contributed by atoms with Gasteiger partial charge in [-0.05, 0) is 44.9 Å². The van der Waals surface area contributed by atoms with E-state index >= 15 is 0 Å². The molecule has 3 rings (SSSR count). The van der Waals surface area contributed by atoms with E-state index in [2.05, 4.69) is 9.88 Å². The zero-order chi connectivity index (χ0) is 18.8. The minimum atomic E-state index is -1.11. The number of carbonyl (C=O) groups excluding carboxylic acids is 1. The van der Waals surface area contributed by atoms with Gasteiger partial charge in [0.05, 0.1) is 5.02 Å². The van der Waals surface area contributed by atoms with Gasteiger partial charge < -0.3 is 19.9 Å². The number of aromatic hydroxyl groups is 1. The summed E-state index contributed by atoms with van der Waals surface area (Å²) in [6.07, 6.45) is 2.01. The van der Waals surface area contributed by atoms with Crippen molar-refractivity contribution in [1.29, 1.82) is 0 Å². The van der Waals surface area contributed by atoms with Gasteiger partial charge in [0.15, 0.2) is 0 Å². The molecule has 0 aliphatic carbocycles. The van der Waals surface area contributed by atoms with Crippen LogP contribution in [0.5, 0.6) is 5.75 Å². The zero-order valence-electron chi connectivity index (χ0n) is 15.0. The zero-order valence-corrected chi connectivity index (χ0v) is 15.7. The Kier molecular flexibility index (Phi) is 5.53. The maximum Gasteiger partial charge on any atom is 0.146 e. The molecule has 1 fully saturated rings. The number of halogens is 1. The van der Waals surface area contributed by atoms with E-state index in [9.17, 15) is 15.0 Å². The number of hydrogen-bond acceptors (Lipinski definition) is 5. The highest BCUT2D eigenvalue weighted by Crippen LogP contribution is 2.34. The molecule has 0 saturated carbocycles. The average Bonchev–Trinajstić information content (AvgIpc) is 2.60. The van der Waals surface area contributed by atoms with E-state index in [1.807, 2.05) is 19.9 Å². The molecule has 7 heteroatoms. The van der Waals surface area contributed by atoms with Crippen molar-refractivity contribution in [3.63, 3.8) is 0 Å². The molecule has 0 unspecified atom stereocenters. The summed E-state index contributed by atoms with van der Waals surface area (Å²) in [7, 11) is 0. The summed E-state index contributed by atoms with van der Waals surface area (Å²) >= 11 is 6.34. The van der Waals surface area contributed by atoms with Gasteiger partial charge in [-0.15, -0.1) is 0 Å². The molecular formula is C19H23ClN3O3-. The van der Waals surface area contributed by atoms with E-state index in [0.717, 1.165) is 36.9 Å².